The van der Waals surface area contributed by atoms with E-state index in [0.717, 1.165) is 12.5 Å². The normalized spacial score (nSPS) is 13.4. The second-order valence-electron chi connectivity index (χ2n) is 4.58. The van der Waals surface area contributed by atoms with Crippen LogP contribution in [0.15, 0.2) is 11.8 Å². The lowest BCUT2D eigenvalue weighted by Gasteiger charge is -2.14. The van der Waals surface area contributed by atoms with Gasteiger partial charge in [0, 0.05) is 8.07 Å². The SMILES string of the molecule is [C-]#[N+]/C(F)=C(\F)CCCC[Si](C)(C)C. The second kappa shape index (κ2) is 5.92. The molecule has 0 saturated carbocycles. The lowest BCUT2D eigenvalue weighted by Crippen LogP contribution is -2.18. The molecule has 0 fully saturated rings. The molecule has 0 unspecified atom stereocenters. The maximum Gasteiger partial charge on any atom is 0.362 e. The molecule has 0 aliphatic rings. The first-order valence-electron chi connectivity index (χ1n) is 4.78. The predicted octanol–water partition coefficient (Wildman–Crippen LogP) is 4.52. The van der Waals surface area contributed by atoms with Crippen LogP contribution in [0, 0.1) is 6.57 Å². The molecule has 0 rings (SSSR count). The zero-order valence-electron chi connectivity index (χ0n) is 9.03. The molecule has 0 spiro atoms. The molecule has 0 N–H and O–H groups in total. The van der Waals surface area contributed by atoms with E-state index in [0.29, 0.717) is 6.42 Å². The van der Waals surface area contributed by atoms with Crippen molar-refractivity contribution in [3.63, 3.8) is 0 Å². The maximum absolute atomic E-state index is 12.7. The number of allylic oxidation sites excluding steroid dienone is 1. The van der Waals surface area contributed by atoms with E-state index in [2.05, 4.69) is 24.5 Å². The molecule has 0 aliphatic heterocycles. The molecule has 0 heterocycles. The number of hydrogen-bond acceptors (Lipinski definition) is 0. The lowest BCUT2D eigenvalue weighted by atomic mass is 10.2. The molecule has 14 heavy (non-hydrogen) atoms. The van der Waals surface area contributed by atoms with Gasteiger partial charge >= 0.3 is 5.95 Å². The molecular weight excluding hydrogens is 200 g/mol. The minimum Gasteiger partial charge on any atom is -0.234 e. The van der Waals surface area contributed by atoms with Crippen LogP contribution in [0.25, 0.3) is 4.85 Å². The Morgan fingerprint density at radius 2 is 1.79 bits per heavy atom. The number of unbranched alkanes of at least 4 members (excludes halogenated alkanes) is 1. The van der Waals surface area contributed by atoms with Crippen LogP contribution in [0.3, 0.4) is 0 Å². The molecule has 0 atom stereocenters. The summed E-state index contributed by atoms with van der Waals surface area (Å²) >= 11 is 0. The van der Waals surface area contributed by atoms with Gasteiger partial charge in [-0.3, -0.25) is 0 Å². The van der Waals surface area contributed by atoms with E-state index in [1.165, 1.54) is 0 Å². The number of nitrogens with zero attached hydrogens (tertiary/aromatic N) is 1. The summed E-state index contributed by atoms with van der Waals surface area (Å²) in [4.78, 5) is 2.41. The molecule has 0 radical (unpaired) electrons. The van der Waals surface area contributed by atoms with Crippen molar-refractivity contribution in [2.24, 2.45) is 0 Å². The van der Waals surface area contributed by atoms with Gasteiger partial charge in [0.1, 0.15) is 5.83 Å². The third-order valence-electron chi connectivity index (χ3n) is 1.90. The fourth-order valence-electron chi connectivity index (χ4n) is 1.10. The van der Waals surface area contributed by atoms with Crippen LogP contribution in [0.2, 0.25) is 25.7 Å². The Hall–Kier alpha value is -0.693. The summed E-state index contributed by atoms with van der Waals surface area (Å²) in [5, 5.41) is 0. The van der Waals surface area contributed by atoms with Gasteiger partial charge in [0.15, 0.2) is 0 Å². The second-order valence-corrected chi connectivity index (χ2v) is 10.2. The van der Waals surface area contributed by atoms with Crippen LogP contribution in [-0.2, 0) is 0 Å². The molecule has 0 saturated heterocycles. The van der Waals surface area contributed by atoms with Crippen molar-refractivity contribution in [3.8, 4) is 0 Å². The third kappa shape index (κ3) is 6.78. The molecule has 0 aromatic heterocycles. The Labute approximate surface area is 85.6 Å². The Bertz CT molecular complexity index is 248. The summed E-state index contributed by atoms with van der Waals surface area (Å²) in [5.74, 6) is -2.17. The highest BCUT2D eigenvalue weighted by molar-refractivity contribution is 6.76. The Morgan fingerprint density at radius 1 is 1.21 bits per heavy atom. The zero-order valence-corrected chi connectivity index (χ0v) is 10.0. The van der Waals surface area contributed by atoms with E-state index in [1.54, 1.807) is 0 Å². The highest BCUT2D eigenvalue weighted by Gasteiger charge is 2.12. The van der Waals surface area contributed by atoms with Gasteiger partial charge in [0.25, 0.3) is 0 Å². The van der Waals surface area contributed by atoms with Crippen molar-refractivity contribution < 1.29 is 8.78 Å². The fraction of sp³-hybridized carbons (Fsp3) is 0.700. The first kappa shape index (κ1) is 13.3. The Morgan fingerprint density at radius 3 is 2.21 bits per heavy atom. The van der Waals surface area contributed by atoms with Gasteiger partial charge in [-0.1, -0.05) is 32.1 Å². The minimum atomic E-state index is -1.28. The Kier molecular flexibility index (Phi) is 5.62. The van der Waals surface area contributed by atoms with Crippen molar-refractivity contribution in [3.05, 3.63) is 23.2 Å². The van der Waals surface area contributed by atoms with E-state index < -0.39 is 19.9 Å². The van der Waals surface area contributed by atoms with E-state index in [-0.39, 0.29) is 6.42 Å². The summed E-state index contributed by atoms with van der Waals surface area (Å²) in [6.07, 6.45) is 1.63. The summed E-state index contributed by atoms with van der Waals surface area (Å²) < 4.78 is 25.1. The van der Waals surface area contributed by atoms with Crippen LogP contribution >= 0.6 is 0 Å². The molecule has 0 bridgehead atoms. The number of hydrogen-bond donors (Lipinski definition) is 0. The number of rotatable bonds is 5. The smallest absolute Gasteiger partial charge is 0.234 e. The van der Waals surface area contributed by atoms with Crippen molar-refractivity contribution in [2.45, 2.75) is 44.9 Å². The molecule has 0 aromatic carbocycles. The standard InChI is InChI=1S/C10H17F2NSi/c1-13-10(12)9(11)7-5-6-8-14(2,3)4/h5-8H2,2-4H3/b10-9-. The van der Waals surface area contributed by atoms with Crippen LogP contribution in [-0.4, -0.2) is 8.07 Å². The van der Waals surface area contributed by atoms with Crippen LogP contribution in [0.4, 0.5) is 8.78 Å². The summed E-state index contributed by atoms with van der Waals surface area (Å²) in [5.41, 5.74) is 0. The Balaban J connectivity index is 3.73. The predicted molar refractivity (Wildman–Crippen MR) is 57.8 cm³/mol. The number of halogens is 2. The van der Waals surface area contributed by atoms with Gasteiger partial charge in [-0.2, -0.15) is 0 Å². The zero-order chi connectivity index (χ0) is 11.2. The average Bonchev–Trinajstić information content (AvgIpc) is 2.09. The van der Waals surface area contributed by atoms with Gasteiger partial charge in [0.2, 0.25) is 0 Å². The van der Waals surface area contributed by atoms with E-state index >= 15 is 0 Å². The van der Waals surface area contributed by atoms with E-state index in [9.17, 15) is 8.78 Å². The van der Waals surface area contributed by atoms with Crippen LogP contribution < -0.4 is 0 Å². The van der Waals surface area contributed by atoms with Crippen molar-refractivity contribution >= 4 is 8.07 Å². The lowest BCUT2D eigenvalue weighted by molar-refractivity contribution is 0.511. The first-order valence-corrected chi connectivity index (χ1v) is 8.49. The maximum atomic E-state index is 12.7. The van der Waals surface area contributed by atoms with Gasteiger partial charge in [-0.05, 0) is 12.8 Å². The highest BCUT2D eigenvalue weighted by atomic mass is 28.3. The van der Waals surface area contributed by atoms with Crippen LogP contribution in [0.1, 0.15) is 19.3 Å². The molecule has 0 aromatic rings. The topological polar surface area (TPSA) is 4.36 Å². The van der Waals surface area contributed by atoms with Crippen molar-refractivity contribution in [1.29, 1.82) is 0 Å². The van der Waals surface area contributed by atoms with Crippen molar-refractivity contribution in [2.75, 3.05) is 0 Å². The van der Waals surface area contributed by atoms with Gasteiger partial charge in [-0.15, -0.1) is 0 Å². The highest BCUT2D eigenvalue weighted by Crippen LogP contribution is 2.19. The molecular formula is C10H17F2NSi. The molecule has 0 amide bonds. The van der Waals surface area contributed by atoms with Gasteiger partial charge < -0.3 is 0 Å². The summed E-state index contributed by atoms with van der Waals surface area (Å²) in [7, 11) is -1.06. The largest absolute Gasteiger partial charge is 0.362 e. The molecule has 1 nitrogen and oxygen atoms in total. The quantitative estimate of drug-likeness (QED) is 0.276. The first-order chi connectivity index (χ1) is 6.37. The summed E-state index contributed by atoms with van der Waals surface area (Å²) in [6, 6.07) is 1.12. The fourth-order valence-corrected chi connectivity index (χ4v) is 2.41. The third-order valence-corrected chi connectivity index (χ3v) is 3.75. The van der Waals surface area contributed by atoms with E-state index in [1.807, 2.05) is 0 Å². The molecule has 0 aliphatic carbocycles. The van der Waals surface area contributed by atoms with E-state index in [4.69, 9.17) is 6.57 Å². The van der Waals surface area contributed by atoms with Gasteiger partial charge in [0.05, 0.1) is 6.57 Å². The average molecular weight is 217 g/mol. The monoisotopic (exact) mass is 217 g/mol. The van der Waals surface area contributed by atoms with Crippen LogP contribution in [0.5, 0.6) is 0 Å². The van der Waals surface area contributed by atoms with Gasteiger partial charge in [-0.25, -0.2) is 13.6 Å². The minimum absolute atomic E-state index is 0.0681. The van der Waals surface area contributed by atoms with Crippen molar-refractivity contribution in [1.82, 2.24) is 0 Å². The molecule has 80 valence electrons. The molecule has 4 heteroatoms. The summed E-state index contributed by atoms with van der Waals surface area (Å²) in [6.45, 7) is 13.0.